The van der Waals surface area contributed by atoms with Crippen molar-refractivity contribution in [1.82, 2.24) is 14.8 Å². The lowest BCUT2D eigenvalue weighted by Crippen LogP contribution is -1.98. The van der Waals surface area contributed by atoms with Gasteiger partial charge in [0.2, 0.25) is 0 Å². The molecule has 0 aliphatic rings. The van der Waals surface area contributed by atoms with E-state index in [1.54, 1.807) is 17.8 Å². The highest BCUT2D eigenvalue weighted by molar-refractivity contribution is 7.99. The molecule has 5 aromatic rings. The number of allylic oxidation sites excluding steroid dienone is 1. The van der Waals surface area contributed by atoms with E-state index < -0.39 is 0 Å². The fourth-order valence-electron chi connectivity index (χ4n) is 3.48. The molecule has 0 N–H and O–H groups in total. The molecule has 2 aromatic carbocycles. The van der Waals surface area contributed by atoms with Gasteiger partial charge in [-0.15, -0.1) is 11.3 Å². The number of para-hydroxylation sites is 2. The zero-order valence-electron chi connectivity index (χ0n) is 17.3. The van der Waals surface area contributed by atoms with Gasteiger partial charge in [0.15, 0.2) is 5.78 Å². The molecule has 0 saturated carbocycles. The van der Waals surface area contributed by atoms with Crippen LogP contribution in [0.3, 0.4) is 0 Å². The summed E-state index contributed by atoms with van der Waals surface area (Å²) in [4.78, 5) is 19.0. The van der Waals surface area contributed by atoms with Crippen molar-refractivity contribution in [2.45, 2.75) is 16.8 Å². The topological polar surface area (TPSA) is 47.8 Å². The fourth-order valence-corrected chi connectivity index (χ4v) is 5.30. The van der Waals surface area contributed by atoms with Gasteiger partial charge in [0.05, 0.1) is 21.8 Å². The van der Waals surface area contributed by atoms with Crippen LogP contribution in [0.15, 0.2) is 100 Å². The van der Waals surface area contributed by atoms with Crippen molar-refractivity contribution < 1.29 is 4.79 Å². The van der Waals surface area contributed by atoms with E-state index >= 15 is 0 Å². The second-order valence-corrected chi connectivity index (χ2v) is 9.14. The third kappa shape index (κ3) is 4.02. The van der Waals surface area contributed by atoms with Gasteiger partial charge >= 0.3 is 0 Å². The number of carbonyl (C=O) groups is 1. The average Bonchev–Trinajstić information content (AvgIpc) is 3.47. The van der Waals surface area contributed by atoms with Crippen LogP contribution in [-0.4, -0.2) is 20.5 Å². The van der Waals surface area contributed by atoms with Crippen molar-refractivity contribution in [2.24, 2.45) is 0 Å². The summed E-state index contributed by atoms with van der Waals surface area (Å²) >= 11 is 3.06. The van der Waals surface area contributed by atoms with Crippen molar-refractivity contribution in [2.75, 3.05) is 0 Å². The highest BCUT2D eigenvalue weighted by Crippen LogP contribution is 2.37. The molecule has 0 unspecified atom stereocenters. The van der Waals surface area contributed by atoms with Crippen molar-refractivity contribution in [1.29, 1.82) is 0 Å². The van der Waals surface area contributed by atoms with Crippen LogP contribution < -0.4 is 0 Å². The van der Waals surface area contributed by atoms with Crippen LogP contribution in [0.5, 0.6) is 0 Å². The van der Waals surface area contributed by atoms with Gasteiger partial charge in [0.25, 0.3) is 0 Å². The Kier molecular flexibility index (Phi) is 5.71. The van der Waals surface area contributed by atoms with E-state index in [2.05, 4.69) is 23.2 Å². The summed E-state index contributed by atoms with van der Waals surface area (Å²) in [5, 5.41) is 8.76. The summed E-state index contributed by atoms with van der Waals surface area (Å²) < 4.78 is 1.94. The molecular formula is C26H19N3OS2. The Hall–Kier alpha value is -3.48. The highest BCUT2D eigenvalue weighted by Gasteiger charge is 2.18. The summed E-state index contributed by atoms with van der Waals surface area (Å²) in [7, 11) is 0. The van der Waals surface area contributed by atoms with Gasteiger partial charge in [-0.2, -0.15) is 5.10 Å². The van der Waals surface area contributed by atoms with E-state index in [9.17, 15) is 4.79 Å². The van der Waals surface area contributed by atoms with E-state index in [1.807, 2.05) is 83.9 Å². The molecule has 4 nitrogen and oxygen atoms in total. The third-order valence-electron chi connectivity index (χ3n) is 5.03. The van der Waals surface area contributed by atoms with E-state index in [1.165, 1.54) is 11.3 Å². The van der Waals surface area contributed by atoms with Crippen LogP contribution in [-0.2, 0) is 0 Å². The second-order valence-electron chi connectivity index (χ2n) is 7.16. The number of carbonyl (C=O) groups excluding carboxylic acids is 1. The van der Waals surface area contributed by atoms with Gasteiger partial charge < -0.3 is 0 Å². The van der Waals surface area contributed by atoms with E-state index in [-0.39, 0.29) is 5.78 Å². The standard InChI is InChI=1S/C26H19N3OS2/c1-18-21(14-15-22(30)23-13-7-17-31-23)26(29(28-18)20-10-3-2-4-11-20)32-24-12-5-8-19-9-6-16-27-25(19)24/h2-17H,1H3/b15-14+. The van der Waals surface area contributed by atoms with Crippen molar-refractivity contribution in [3.05, 3.63) is 107 Å². The molecule has 3 aromatic heterocycles. The third-order valence-corrected chi connectivity index (χ3v) is 7.05. The van der Waals surface area contributed by atoms with Crippen molar-refractivity contribution in [3.63, 3.8) is 0 Å². The van der Waals surface area contributed by atoms with Gasteiger partial charge in [0.1, 0.15) is 5.03 Å². The second kappa shape index (κ2) is 8.94. The Bertz CT molecular complexity index is 1420. The maximum atomic E-state index is 12.6. The normalized spacial score (nSPS) is 11.4. The smallest absolute Gasteiger partial charge is 0.195 e. The van der Waals surface area contributed by atoms with Crippen LogP contribution in [0.25, 0.3) is 22.7 Å². The van der Waals surface area contributed by atoms with Gasteiger partial charge in [-0.3, -0.25) is 9.78 Å². The molecule has 3 heterocycles. The summed E-state index contributed by atoms with van der Waals surface area (Å²) in [5.41, 5.74) is 3.70. The Morgan fingerprint density at radius 2 is 1.84 bits per heavy atom. The number of thiophene rings is 1. The first-order valence-electron chi connectivity index (χ1n) is 10.1. The Morgan fingerprint density at radius 1 is 1.00 bits per heavy atom. The number of fused-ring (bicyclic) bond motifs is 1. The van der Waals surface area contributed by atoms with Gasteiger partial charge in [0, 0.05) is 22.0 Å². The number of aryl methyl sites for hydroxylation is 1. The molecule has 0 aliphatic heterocycles. The summed E-state index contributed by atoms with van der Waals surface area (Å²) in [6.07, 6.45) is 5.33. The van der Waals surface area contributed by atoms with Gasteiger partial charge in [-0.05, 0) is 54.8 Å². The minimum absolute atomic E-state index is 0.00496. The van der Waals surface area contributed by atoms with Crippen LogP contribution >= 0.6 is 23.1 Å². The molecule has 0 radical (unpaired) electrons. The molecule has 0 saturated heterocycles. The first-order valence-corrected chi connectivity index (χ1v) is 11.8. The molecule has 32 heavy (non-hydrogen) atoms. The largest absolute Gasteiger partial charge is 0.288 e. The lowest BCUT2D eigenvalue weighted by Gasteiger charge is -2.10. The maximum absolute atomic E-state index is 12.6. The Balaban J connectivity index is 1.62. The number of hydrogen-bond donors (Lipinski definition) is 0. The first-order chi connectivity index (χ1) is 15.7. The monoisotopic (exact) mass is 453 g/mol. The first kappa shape index (κ1) is 20.4. The van der Waals surface area contributed by atoms with Crippen LogP contribution in [0.1, 0.15) is 20.9 Å². The summed E-state index contributed by atoms with van der Waals surface area (Å²) in [6.45, 7) is 1.97. The molecule has 156 valence electrons. The van der Waals surface area contributed by atoms with Crippen LogP contribution in [0.2, 0.25) is 0 Å². The molecule has 0 atom stereocenters. The van der Waals surface area contributed by atoms with E-state index in [0.29, 0.717) is 0 Å². The lowest BCUT2D eigenvalue weighted by atomic mass is 10.2. The Morgan fingerprint density at radius 3 is 2.66 bits per heavy atom. The van der Waals surface area contributed by atoms with Crippen LogP contribution in [0, 0.1) is 6.92 Å². The molecule has 0 fully saturated rings. The predicted molar refractivity (Wildman–Crippen MR) is 132 cm³/mol. The highest BCUT2D eigenvalue weighted by atomic mass is 32.2. The minimum atomic E-state index is -0.00496. The van der Waals surface area contributed by atoms with E-state index in [4.69, 9.17) is 5.10 Å². The number of hydrogen-bond acceptors (Lipinski definition) is 5. The summed E-state index contributed by atoms with van der Waals surface area (Å²) in [6, 6.07) is 23.9. The molecular weight excluding hydrogens is 434 g/mol. The zero-order chi connectivity index (χ0) is 21.9. The molecule has 5 rings (SSSR count). The van der Waals surface area contributed by atoms with Crippen LogP contribution in [0.4, 0.5) is 0 Å². The van der Waals surface area contributed by atoms with Gasteiger partial charge in [-0.1, -0.05) is 54.2 Å². The van der Waals surface area contributed by atoms with Crippen molar-refractivity contribution in [3.8, 4) is 5.69 Å². The number of rotatable bonds is 6. The lowest BCUT2D eigenvalue weighted by molar-refractivity contribution is 0.105. The summed E-state index contributed by atoms with van der Waals surface area (Å²) in [5.74, 6) is -0.00496. The minimum Gasteiger partial charge on any atom is -0.288 e. The quantitative estimate of drug-likeness (QED) is 0.209. The molecule has 0 bridgehead atoms. The molecule has 6 heteroatoms. The molecule has 0 aliphatic carbocycles. The van der Waals surface area contributed by atoms with E-state index in [0.717, 1.165) is 42.6 Å². The Labute approximate surface area is 194 Å². The molecule has 0 spiro atoms. The number of benzene rings is 2. The van der Waals surface area contributed by atoms with Gasteiger partial charge in [-0.25, -0.2) is 4.68 Å². The number of ketones is 1. The zero-order valence-corrected chi connectivity index (χ0v) is 18.9. The number of pyridine rings is 1. The number of nitrogens with zero attached hydrogens (tertiary/aromatic N) is 3. The predicted octanol–water partition coefficient (Wildman–Crippen LogP) is 6.84. The SMILES string of the molecule is Cc1nn(-c2ccccc2)c(Sc2cccc3cccnc23)c1/C=C/C(=O)c1cccs1. The number of aromatic nitrogens is 3. The van der Waals surface area contributed by atoms with Crippen molar-refractivity contribution >= 4 is 45.9 Å². The fraction of sp³-hybridized carbons (Fsp3) is 0.0385. The maximum Gasteiger partial charge on any atom is 0.195 e. The molecule has 0 amide bonds. The average molecular weight is 454 g/mol.